The average molecular weight is 305 g/mol. The molecule has 2 aromatic carbocycles. The van der Waals surface area contributed by atoms with Crippen molar-refractivity contribution >= 4 is 11.8 Å². The van der Waals surface area contributed by atoms with Crippen LogP contribution in [0.4, 0.5) is 14.9 Å². The molecule has 0 aromatic heterocycles. The summed E-state index contributed by atoms with van der Waals surface area (Å²) in [6, 6.07) is 12.7. The van der Waals surface area contributed by atoms with E-state index in [0.717, 1.165) is 6.07 Å². The predicted molar refractivity (Wildman–Crippen MR) is 79.9 cm³/mol. The summed E-state index contributed by atoms with van der Waals surface area (Å²) in [6.45, 7) is 0.610. The standard InChI is InChI=1S/C16H16FNO4/c1-20-9-10-21-15-8-7-12(11-14(15)17)18-16(19)22-13-5-3-2-4-6-13/h2-8,11H,9-10H2,1H3,(H,18,19). The second kappa shape index (κ2) is 7.99. The van der Waals surface area contributed by atoms with Crippen molar-refractivity contribution in [2.24, 2.45) is 0 Å². The Morgan fingerprint density at radius 2 is 1.91 bits per heavy atom. The second-order valence-corrected chi connectivity index (χ2v) is 4.31. The summed E-state index contributed by atoms with van der Waals surface area (Å²) in [7, 11) is 1.53. The fraction of sp³-hybridized carbons (Fsp3) is 0.188. The summed E-state index contributed by atoms with van der Waals surface area (Å²) in [5.74, 6) is -0.0763. The van der Waals surface area contributed by atoms with Crippen molar-refractivity contribution in [2.75, 3.05) is 25.6 Å². The van der Waals surface area contributed by atoms with Gasteiger partial charge in [0.25, 0.3) is 0 Å². The number of nitrogens with one attached hydrogen (secondary N) is 1. The monoisotopic (exact) mass is 305 g/mol. The van der Waals surface area contributed by atoms with Gasteiger partial charge in [0.05, 0.1) is 6.61 Å². The minimum Gasteiger partial charge on any atom is -0.488 e. The maximum atomic E-state index is 13.8. The minimum absolute atomic E-state index is 0.0963. The van der Waals surface area contributed by atoms with Crippen molar-refractivity contribution in [3.8, 4) is 11.5 Å². The third-order valence-electron chi connectivity index (χ3n) is 2.68. The molecule has 0 atom stereocenters. The molecule has 0 radical (unpaired) electrons. The summed E-state index contributed by atoms with van der Waals surface area (Å²) in [6.07, 6.45) is -0.696. The number of carbonyl (C=O) groups excluding carboxylic acids is 1. The minimum atomic E-state index is -0.696. The van der Waals surface area contributed by atoms with Crippen LogP contribution in [0.3, 0.4) is 0 Å². The lowest BCUT2D eigenvalue weighted by atomic mass is 10.3. The van der Waals surface area contributed by atoms with Gasteiger partial charge in [-0.25, -0.2) is 9.18 Å². The highest BCUT2D eigenvalue weighted by atomic mass is 19.1. The van der Waals surface area contributed by atoms with E-state index in [-0.39, 0.29) is 18.0 Å². The third kappa shape index (κ3) is 4.75. The molecule has 0 aliphatic carbocycles. The largest absolute Gasteiger partial charge is 0.488 e. The Hall–Kier alpha value is -2.60. The SMILES string of the molecule is COCCOc1ccc(NC(=O)Oc2ccccc2)cc1F. The van der Waals surface area contributed by atoms with Crippen molar-refractivity contribution in [3.05, 3.63) is 54.3 Å². The summed E-state index contributed by atoms with van der Waals surface area (Å²) < 4.78 is 28.8. The zero-order chi connectivity index (χ0) is 15.8. The van der Waals surface area contributed by atoms with Crippen LogP contribution < -0.4 is 14.8 Å². The number of rotatable bonds is 6. The van der Waals surface area contributed by atoms with Crippen LogP contribution in [0.25, 0.3) is 0 Å². The molecular weight excluding hydrogens is 289 g/mol. The Morgan fingerprint density at radius 1 is 1.14 bits per heavy atom. The van der Waals surface area contributed by atoms with Crippen molar-refractivity contribution in [3.63, 3.8) is 0 Å². The predicted octanol–water partition coefficient (Wildman–Crippen LogP) is 3.46. The first-order valence-corrected chi connectivity index (χ1v) is 6.64. The Labute approximate surface area is 127 Å². The van der Waals surface area contributed by atoms with Gasteiger partial charge in [-0.3, -0.25) is 5.32 Å². The number of methoxy groups -OCH3 is 1. The highest BCUT2D eigenvalue weighted by molar-refractivity contribution is 5.86. The quantitative estimate of drug-likeness (QED) is 0.830. The van der Waals surface area contributed by atoms with E-state index in [0.29, 0.717) is 12.4 Å². The molecule has 2 rings (SSSR count). The molecule has 0 saturated carbocycles. The second-order valence-electron chi connectivity index (χ2n) is 4.31. The molecule has 22 heavy (non-hydrogen) atoms. The van der Waals surface area contributed by atoms with Gasteiger partial charge in [-0.1, -0.05) is 18.2 Å². The number of hydrogen-bond donors (Lipinski definition) is 1. The first-order chi connectivity index (χ1) is 10.7. The maximum Gasteiger partial charge on any atom is 0.417 e. The molecular formula is C16H16FNO4. The molecule has 0 aliphatic heterocycles. The summed E-state index contributed by atoms with van der Waals surface area (Å²) in [5.41, 5.74) is 0.275. The van der Waals surface area contributed by atoms with E-state index in [1.54, 1.807) is 24.3 Å². The Balaban J connectivity index is 1.92. The summed E-state index contributed by atoms with van der Waals surface area (Å²) >= 11 is 0. The smallest absolute Gasteiger partial charge is 0.417 e. The van der Waals surface area contributed by atoms with Gasteiger partial charge < -0.3 is 14.2 Å². The van der Waals surface area contributed by atoms with Crippen LogP contribution >= 0.6 is 0 Å². The van der Waals surface area contributed by atoms with E-state index in [1.807, 2.05) is 6.07 Å². The van der Waals surface area contributed by atoms with Crippen LogP contribution in [0.5, 0.6) is 11.5 Å². The van der Waals surface area contributed by atoms with Gasteiger partial charge >= 0.3 is 6.09 Å². The van der Waals surface area contributed by atoms with Crippen LogP contribution in [0.15, 0.2) is 48.5 Å². The molecule has 6 heteroatoms. The number of para-hydroxylation sites is 1. The van der Waals surface area contributed by atoms with Crippen LogP contribution in [0, 0.1) is 5.82 Å². The molecule has 0 saturated heterocycles. The van der Waals surface area contributed by atoms with Crippen LogP contribution in [-0.2, 0) is 4.74 Å². The third-order valence-corrected chi connectivity index (χ3v) is 2.68. The Kier molecular flexibility index (Phi) is 5.73. The zero-order valence-corrected chi connectivity index (χ0v) is 12.0. The van der Waals surface area contributed by atoms with Crippen LogP contribution in [-0.4, -0.2) is 26.4 Å². The Bertz CT molecular complexity index is 619. The van der Waals surface area contributed by atoms with Gasteiger partial charge in [0.15, 0.2) is 11.6 Å². The van der Waals surface area contributed by atoms with Crippen LogP contribution in [0.2, 0.25) is 0 Å². The molecule has 5 nitrogen and oxygen atoms in total. The first-order valence-electron chi connectivity index (χ1n) is 6.64. The molecule has 0 spiro atoms. The van der Waals surface area contributed by atoms with Gasteiger partial charge in [0.1, 0.15) is 12.4 Å². The highest BCUT2D eigenvalue weighted by Gasteiger charge is 2.09. The number of halogens is 1. The molecule has 0 aliphatic rings. The fourth-order valence-electron chi connectivity index (χ4n) is 1.67. The summed E-state index contributed by atoms with van der Waals surface area (Å²) in [5, 5.41) is 2.44. The number of carbonyl (C=O) groups is 1. The lowest BCUT2D eigenvalue weighted by Crippen LogP contribution is -2.16. The van der Waals surface area contributed by atoms with E-state index < -0.39 is 11.9 Å². The molecule has 2 aromatic rings. The normalized spacial score (nSPS) is 10.1. The fourth-order valence-corrected chi connectivity index (χ4v) is 1.67. The van der Waals surface area contributed by atoms with Gasteiger partial charge in [-0.2, -0.15) is 0 Å². The Morgan fingerprint density at radius 3 is 2.59 bits per heavy atom. The molecule has 0 unspecified atom stereocenters. The van der Waals surface area contributed by atoms with Gasteiger partial charge in [-0.05, 0) is 24.3 Å². The van der Waals surface area contributed by atoms with Crippen molar-refractivity contribution in [1.29, 1.82) is 0 Å². The average Bonchev–Trinajstić information content (AvgIpc) is 2.50. The number of hydrogen-bond acceptors (Lipinski definition) is 4. The van der Waals surface area contributed by atoms with Crippen LogP contribution in [0.1, 0.15) is 0 Å². The van der Waals surface area contributed by atoms with E-state index in [1.165, 1.54) is 19.2 Å². The number of benzene rings is 2. The first kappa shape index (κ1) is 15.8. The number of anilines is 1. The topological polar surface area (TPSA) is 56.8 Å². The molecule has 1 N–H and O–H groups in total. The lowest BCUT2D eigenvalue weighted by Gasteiger charge is -2.09. The number of ether oxygens (including phenoxy) is 3. The lowest BCUT2D eigenvalue weighted by molar-refractivity contribution is 0.144. The number of amides is 1. The molecule has 0 bridgehead atoms. The highest BCUT2D eigenvalue weighted by Crippen LogP contribution is 2.21. The maximum absolute atomic E-state index is 13.8. The molecule has 0 heterocycles. The van der Waals surface area contributed by atoms with E-state index in [2.05, 4.69) is 5.32 Å². The van der Waals surface area contributed by atoms with Crippen molar-refractivity contribution in [1.82, 2.24) is 0 Å². The molecule has 0 fully saturated rings. The van der Waals surface area contributed by atoms with Gasteiger partial charge in [-0.15, -0.1) is 0 Å². The van der Waals surface area contributed by atoms with Gasteiger partial charge in [0, 0.05) is 18.9 Å². The van der Waals surface area contributed by atoms with Crippen molar-refractivity contribution < 1.29 is 23.4 Å². The van der Waals surface area contributed by atoms with E-state index >= 15 is 0 Å². The van der Waals surface area contributed by atoms with Gasteiger partial charge in [0.2, 0.25) is 0 Å². The van der Waals surface area contributed by atoms with Crippen molar-refractivity contribution in [2.45, 2.75) is 0 Å². The zero-order valence-electron chi connectivity index (χ0n) is 12.0. The molecule has 116 valence electrons. The molecule has 1 amide bonds. The van der Waals surface area contributed by atoms with E-state index in [4.69, 9.17) is 14.2 Å². The van der Waals surface area contributed by atoms with E-state index in [9.17, 15) is 9.18 Å². The summed E-state index contributed by atoms with van der Waals surface area (Å²) in [4.78, 5) is 11.7.